The van der Waals surface area contributed by atoms with Crippen molar-refractivity contribution in [2.75, 3.05) is 74.6 Å². The molecule has 7 heterocycles. The summed E-state index contributed by atoms with van der Waals surface area (Å²) in [6.45, 7) is 4.81. The van der Waals surface area contributed by atoms with E-state index in [9.17, 15) is 23.2 Å². The van der Waals surface area contributed by atoms with E-state index in [0.29, 0.717) is 87.1 Å². The number of halogens is 2. The first-order chi connectivity index (χ1) is 25.2. The number of likely N-dealkylation sites (tertiary alicyclic amines) is 1. The minimum absolute atomic E-state index is 0.0488. The van der Waals surface area contributed by atoms with Crippen molar-refractivity contribution in [1.82, 2.24) is 45.4 Å². The van der Waals surface area contributed by atoms with Gasteiger partial charge in [-0.3, -0.25) is 14.2 Å². The van der Waals surface area contributed by atoms with E-state index in [0.717, 1.165) is 25.0 Å². The second-order valence-electron chi connectivity index (χ2n) is 14.1. The van der Waals surface area contributed by atoms with Gasteiger partial charge in [-0.25, -0.2) is 18.6 Å². The summed E-state index contributed by atoms with van der Waals surface area (Å²) in [5.74, 6) is 1.20. The lowest BCUT2D eigenvalue weighted by Crippen LogP contribution is -2.73. The molecule has 8 rings (SSSR count). The number of imidazole rings is 1. The molecule has 5 aliphatic rings. The third kappa shape index (κ3) is 6.97. The number of para-hydroxylation sites is 2. The van der Waals surface area contributed by atoms with Crippen LogP contribution >= 0.6 is 11.8 Å². The van der Waals surface area contributed by atoms with Crippen LogP contribution in [0, 0.1) is 5.41 Å². The highest BCUT2D eigenvalue weighted by atomic mass is 32.2. The van der Waals surface area contributed by atoms with Gasteiger partial charge in [0.1, 0.15) is 0 Å². The topological polar surface area (TPSA) is 163 Å². The normalized spacial score (nSPS) is 23.6. The van der Waals surface area contributed by atoms with Gasteiger partial charge in [0.05, 0.1) is 36.3 Å². The highest BCUT2D eigenvalue weighted by molar-refractivity contribution is 8.00. The van der Waals surface area contributed by atoms with E-state index in [1.54, 1.807) is 35.2 Å². The van der Waals surface area contributed by atoms with Gasteiger partial charge in [-0.05, 0) is 25.0 Å². The minimum atomic E-state index is -2.84. The number of amides is 4. The molecule has 2 aromatic heterocycles. The molecule has 18 heteroatoms. The van der Waals surface area contributed by atoms with E-state index in [-0.39, 0.29) is 47.8 Å². The Morgan fingerprint density at radius 3 is 2.54 bits per heavy atom. The molecule has 1 aromatic carbocycles. The number of carbonyl (C=O) groups is 3. The first-order valence-electron chi connectivity index (χ1n) is 17.8. The predicted molar refractivity (Wildman–Crippen MR) is 190 cm³/mol. The smallest absolute Gasteiger partial charge is 0.315 e. The number of hydrogen-bond donors (Lipinski definition) is 3. The molecule has 5 aliphatic heterocycles. The van der Waals surface area contributed by atoms with E-state index in [1.165, 1.54) is 10.6 Å². The average Bonchev–Trinajstić information content (AvgIpc) is 3.80. The number of urea groups is 1. The second-order valence-corrected chi connectivity index (χ2v) is 15.3. The maximum Gasteiger partial charge on any atom is 0.315 e. The first-order valence-corrected chi connectivity index (χ1v) is 18.8. The van der Waals surface area contributed by atoms with Crippen LogP contribution in [0.4, 0.5) is 25.5 Å². The molecular weight excluding hydrogens is 697 g/mol. The molecule has 4 amide bonds. The maximum atomic E-state index is 14.2. The van der Waals surface area contributed by atoms with E-state index in [2.05, 4.69) is 30.9 Å². The van der Waals surface area contributed by atoms with Gasteiger partial charge in [-0.2, -0.15) is 26.7 Å². The number of anilines is 2. The summed E-state index contributed by atoms with van der Waals surface area (Å²) >= 11 is 1.87. The van der Waals surface area contributed by atoms with Crippen molar-refractivity contribution in [3.05, 3.63) is 42.2 Å². The molecule has 3 atom stereocenters. The van der Waals surface area contributed by atoms with Crippen LogP contribution in [0.25, 0.3) is 17.0 Å². The molecule has 276 valence electrons. The van der Waals surface area contributed by atoms with Gasteiger partial charge >= 0.3 is 6.03 Å². The fourth-order valence-electron chi connectivity index (χ4n) is 7.72. The number of aromatic nitrogens is 5. The summed E-state index contributed by atoms with van der Waals surface area (Å²) in [6, 6.07) is 7.21. The van der Waals surface area contributed by atoms with E-state index in [1.807, 2.05) is 21.6 Å². The number of alkyl halides is 2. The van der Waals surface area contributed by atoms with Gasteiger partial charge in [0.15, 0.2) is 5.82 Å². The lowest BCUT2D eigenvalue weighted by molar-refractivity contribution is -0.139. The van der Waals surface area contributed by atoms with Crippen molar-refractivity contribution in [3.63, 3.8) is 0 Å². The third-order valence-corrected chi connectivity index (χ3v) is 11.8. The number of thioether (sulfide) groups is 1. The molecule has 3 N–H and O–H groups in total. The van der Waals surface area contributed by atoms with Gasteiger partial charge in [0.25, 0.3) is 6.43 Å². The lowest BCUT2D eigenvalue weighted by Gasteiger charge is -2.59. The number of ether oxygens (including phenoxy) is 1. The lowest BCUT2D eigenvalue weighted by atomic mass is 9.73. The van der Waals surface area contributed by atoms with Gasteiger partial charge in [0.2, 0.25) is 29.7 Å². The van der Waals surface area contributed by atoms with Crippen molar-refractivity contribution in [2.45, 2.75) is 49.4 Å². The quantitative estimate of drug-likeness (QED) is 0.142. The summed E-state index contributed by atoms with van der Waals surface area (Å²) < 4.78 is 35.2. The standard InChI is InChI=1S/C34H41F2N11O4S/c35-28(36)29-38-21-6-1-2-7-23(21)47(29)32-42-30(44-12-14-51-15-13-44)41-31(43-32)46-19-34(20-46)17-45(18-34)26(49)10-5-11-37-25(48)9-4-3-8-24-27-22(16-52-24)39-33(50)40-27/h1-2,5-7,10,22,24,27-28H,3-4,8-9,11-20H2,(H,37,48)(H2,39,40,50)/b10-5+/t22-,24-,27-/m0/s1. The SMILES string of the molecule is O=C(CCCC[C@@H]1SC[C@@H]2NC(=O)N[C@@H]21)NC/C=C/C(=O)N1CC2(C1)CN(c1nc(N3CCOCC3)nc(-n3c(C(F)F)nc4ccccc43)n1)C2. The number of hydrogen-bond acceptors (Lipinski definition) is 11. The number of benzene rings is 1. The van der Waals surface area contributed by atoms with Crippen LogP contribution in [0.2, 0.25) is 0 Å². The Hall–Kier alpha value is -4.58. The van der Waals surface area contributed by atoms with Gasteiger partial charge in [-0.15, -0.1) is 0 Å². The number of rotatable bonds is 12. The Kier molecular flexibility index (Phi) is 9.58. The Bertz CT molecular complexity index is 1860. The maximum absolute atomic E-state index is 14.2. The number of carbonyl (C=O) groups excluding carboxylic acids is 3. The summed E-state index contributed by atoms with van der Waals surface area (Å²) in [6.07, 6.45) is 3.41. The molecular formula is C34H41F2N11O4S. The zero-order chi connectivity index (χ0) is 35.8. The van der Waals surface area contributed by atoms with Crippen LogP contribution in [-0.4, -0.2) is 129 Å². The molecule has 0 aliphatic carbocycles. The highest BCUT2D eigenvalue weighted by Crippen LogP contribution is 2.41. The van der Waals surface area contributed by atoms with Crippen LogP contribution in [0.5, 0.6) is 0 Å². The molecule has 52 heavy (non-hydrogen) atoms. The number of morpholine rings is 1. The Morgan fingerprint density at radius 1 is 1.00 bits per heavy atom. The molecule has 5 fully saturated rings. The molecule has 0 saturated carbocycles. The highest BCUT2D eigenvalue weighted by Gasteiger charge is 2.53. The molecule has 5 saturated heterocycles. The van der Waals surface area contributed by atoms with Crippen molar-refractivity contribution < 1.29 is 27.9 Å². The molecule has 0 radical (unpaired) electrons. The number of fused-ring (bicyclic) bond motifs is 2. The number of unbranched alkanes of at least 4 members (excludes halogenated alkanes) is 1. The molecule has 0 unspecified atom stereocenters. The van der Waals surface area contributed by atoms with E-state index < -0.39 is 12.2 Å². The van der Waals surface area contributed by atoms with Gasteiger partial charge in [0, 0.05) is 74.7 Å². The van der Waals surface area contributed by atoms with Crippen molar-refractivity contribution in [2.24, 2.45) is 5.41 Å². The van der Waals surface area contributed by atoms with Crippen LogP contribution in [0.1, 0.15) is 37.9 Å². The van der Waals surface area contributed by atoms with E-state index in [4.69, 9.17) is 9.72 Å². The molecule has 15 nitrogen and oxygen atoms in total. The van der Waals surface area contributed by atoms with Crippen molar-refractivity contribution in [1.29, 1.82) is 0 Å². The van der Waals surface area contributed by atoms with Crippen molar-refractivity contribution >= 4 is 52.5 Å². The van der Waals surface area contributed by atoms with E-state index >= 15 is 0 Å². The number of nitrogens with one attached hydrogen (secondary N) is 3. The predicted octanol–water partition coefficient (Wildman–Crippen LogP) is 2.03. The monoisotopic (exact) mass is 737 g/mol. The van der Waals surface area contributed by atoms with Gasteiger partial charge in [-0.1, -0.05) is 24.6 Å². The van der Waals surface area contributed by atoms with Crippen LogP contribution in [0.3, 0.4) is 0 Å². The largest absolute Gasteiger partial charge is 0.378 e. The molecule has 1 spiro atoms. The Morgan fingerprint density at radius 2 is 1.75 bits per heavy atom. The number of nitrogens with zero attached hydrogens (tertiary/aromatic N) is 8. The summed E-state index contributed by atoms with van der Waals surface area (Å²) in [4.78, 5) is 60.7. The summed E-state index contributed by atoms with van der Waals surface area (Å²) in [7, 11) is 0. The van der Waals surface area contributed by atoms with Gasteiger partial charge < -0.3 is 35.4 Å². The summed E-state index contributed by atoms with van der Waals surface area (Å²) in [5.41, 5.74) is 0.808. The fourth-order valence-corrected chi connectivity index (χ4v) is 9.26. The van der Waals surface area contributed by atoms with Crippen LogP contribution in [0.15, 0.2) is 36.4 Å². The Labute approximate surface area is 302 Å². The Balaban J connectivity index is 0.824. The second kappa shape index (κ2) is 14.4. The third-order valence-electron chi connectivity index (χ3n) is 10.3. The fraction of sp³-hybridized carbons (Fsp3) is 0.559. The average molecular weight is 738 g/mol. The minimum Gasteiger partial charge on any atom is -0.378 e. The summed E-state index contributed by atoms with van der Waals surface area (Å²) in [5, 5.41) is 9.18. The van der Waals surface area contributed by atoms with Crippen LogP contribution < -0.4 is 25.8 Å². The molecule has 3 aromatic rings. The van der Waals surface area contributed by atoms with Crippen LogP contribution in [-0.2, 0) is 14.3 Å². The zero-order valence-electron chi connectivity index (χ0n) is 28.5. The first kappa shape index (κ1) is 34.5. The van der Waals surface area contributed by atoms with Crippen molar-refractivity contribution in [3.8, 4) is 5.95 Å². The molecule has 0 bridgehead atoms. The zero-order valence-corrected chi connectivity index (χ0v) is 29.4.